The number of hydrogen-bond donors (Lipinski definition) is 1. The molecule has 0 spiro atoms. The largest absolute Gasteiger partial charge is 0.487 e. The number of imidazole rings is 2. The summed E-state index contributed by atoms with van der Waals surface area (Å²) in [5, 5.41) is 2.74. The van der Waals surface area contributed by atoms with Crippen LogP contribution >= 0.6 is 11.6 Å². The van der Waals surface area contributed by atoms with E-state index in [9.17, 15) is 13.6 Å². The van der Waals surface area contributed by atoms with Crippen LogP contribution in [-0.2, 0) is 0 Å². The Bertz CT molecular complexity index is 1220. The average Bonchev–Trinajstić information content (AvgIpc) is 3.37. The van der Waals surface area contributed by atoms with Crippen LogP contribution in [0.5, 0.6) is 5.75 Å². The number of nitrogens with zero attached hydrogens (tertiary/aromatic N) is 4. The van der Waals surface area contributed by atoms with Gasteiger partial charge in [-0.15, -0.1) is 8.78 Å². The first kappa shape index (κ1) is 20.8. The van der Waals surface area contributed by atoms with Gasteiger partial charge in [-0.1, -0.05) is 0 Å². The smallest absolute Gasteiger partial charge is 0.420 e. The van der Waals surface area contributed by atoms with Crippen molar-refractivity contribution in [1.29, 1.82) is 0 Å². The molecule has 0 atom stereocenters. The van der Waals surface area contributed by atoms with E-state index in [1.54, 1.807) is 37.2 Å². The summed E-state index contributed by atoms with van der Waals surface area (Å²) in [6.45, 7) is 4.10. The first-order valence-corrected chi connectivity index (χ1v) is 9.75. The SMILES string of the molecule is CC(C)n1cnc2cc(C(=O)Nc3ccc(OC(F)(F)Cl)cc3)cc(-n3ccnc3)c21. The van der Waals surface area contributed by atoms with Crippen molar-refractivity contribution in [3.05, 3.63) is 67.0 Å². The Labute approximate surface area is 181 Å². The molecule has 0 fully saturated rings. The Morgan fingerprint density at radius 1 is 1.19 bits per heavy atom. The second-order valence-corrected chi connectivity index (χ2v) is 7.54. The van der Waals surface area contributed by atoms with Crippen molar-refractivity contribution in [2.75, 3.05) is 5.32 Å². The summed E-state index contributed by atoms with van der Waals surface area (Å²) < 4.78 is 33.6. The number of anilines is 1. The van der Waals surface area contributed by atoms with Gasteiger partial charge in [0, 0.05) is 41.3 Å². The van der Waals surface area contributed by atoms with Gasteiger partial charge >= 0.3 is 5.57 Å². The van der Waals surface area contributed by atoms with Gasteiger partial charge in [0.15, 0.2) is 0 Å². The van der Waals surface area contributed by atoms with Gasteiger partial charge in [-0.3, -0.25) is 4.79 Å². The molecule has 0 radical (unpaired) electrons. The highest BCUT2D eigenvalue weighted by Crippen LogP contribution is 2.28. The third kappa shape index (κ3) is 4.51. The Morgan fingerprint density at radius 3 is 2.55 bits per heavy atom. The Hall–Kier alpha value is -3.46. The van der Waals surface area contributed by atoms with E-state index in [0.29, 0.717) is 16.8 Å². The number of rotatable bonds is 6. The van der Waals surface area contributed by atoms with E-state index in [0.717, 1.165) is 11.2 Å². The van der Waals surface area contributed by atoms with Crippen molar-refractivity contribution in [3.63, 3.8) is 0 Å². The molecule has 2 heterocycles. The lowest BCUT2D eigenvalue weighted by Crippen LogP contribution is -2.16. The third-order valence-electron chi connectivity index (χ3n) is 4.60. The summed E-state index contributed by atoms with van der Waals surface area (Å²) >= 11 is 4.76. The molecule has 4 rings (SSSR count). The lowest BCUT2D eigenvalue weighted by molar-refractivity contribution is -0.0964. The number of nitrogens with one attached hydrogen (secondary N) is 1. The fraction of sp³-hybridized carbons (Fsp3) is 0.190. The molecule has 0 aliphatic heterocycles. The second-order valence-electron chi connectivity index (χ2n) is 7.10. The number of hydrogen-bond acceptors (Lipinski definition) is 4. The van der Waals surface area contributed by atoms with E-state index in [2.05, 4.69) is 20.0 Å². The van der Waals surface area contributed by atoms with Crippen LogP contribution in [0.1, 0.15) is 30.2 Å². The van der Waals surface area contributed by atoms with Gasteiger partial charge < -0.3 is 19.2 Å². The minimum absolute atomic E-state index is 0.124. The first-order valence-electron chi connectivity index (χ1n) is 9.37. The van der Waals surface area contributed by atoms with Gasteiger partial charge in [0.25, 0.3) is 5.91 Å². The van der Waals surface area contributed by atoms with E-state index >= 15 is 0 Å². The maximum absolute atomic E-state index is 12.9. The Balaban J connectivity index is 1.66. The van der Waals surface area contributed by atoms with Crippen molar-refractivity contribution in [3.8, 4) is 11.4 Å². The molecule has 2 aromatic carbocycles. The van der Waals surface area contributed by atoms with Crippen LogP contribution in [0.4, 0.5) is 14.5 Å². The van der Waals surface area contributed by atoms with Crippen LogP contribution in [-0.4, -0.2) is 30.6 Å². The molecule has 160 valence electrons. The molecule has 0 aliphatic rings. The molecule has 0 bridgehead atoms. The number of benzene rings is 2. The molecule has 7 nitrogen and oxygen atoms in total. The van der Waals surface area contributed by atoms with E-state index in [-0.39, 0.29) is 17.7 Å². The zero-order valence-corrected chi connectivity index (χ0v) is 17.3. The van der Waals surface area contributed by atoms with Crippen molar-refractivity contribution in [1.82, 2.24) is 19.1 Å². The summed E-state index contributed by atoms with van der Waals surface area (Å²) in [6, 6.07) is 9.10. The lowest BCUT2D eigenvalue weighted by atomic mass is 10.1. The molecule has 10 heteroatoms. The van der Waals surface area contributed by atoms with E-state index < -0.39 is 5.57 Å². The normalized spacial score (nSPS) is 11.8. The van der Waals surface area contributed by atoms with Crippen molar-refractivity contribution >= 4 is 34.2 Å². The molecule has 0 saturated carbocycles. The van der Waals surface area contributed by atoms with E-state index in [1.807, 2.05) is 23.0 Å². The molecule has 0 saturated heterocycles. The fourth-order valence-electron chi connectivity index (χ4n) is 3.21. The number of halogens is 3. The quantitative estimate of drug-likeness (QED) is 0.413. The molecule has 4 aromatic rings. The standard InChI is InChI=1S/C21H18ClF2N5O2/c1-13(2)29-12-26-17-9-14(10-18(19(17)29)28-8-7-25-11-28)20(30)27-15-3-5-16(6-4-15)31-21(22,23)24/h3-13H,1-2H3,(H,27,30). The molecule has 1 amide bonds. The predicted molar refractivity (Wildman–Crippen MR) is 113 cm³/mol. The highest BCUT2D eigenvalue weighted by atomic mass is 35.5. The maximum Gasteiger partial charge on any atom is 0.487 e. The lowest BCUT2D eigenvalue weighted by Gasteiger charge is -2.14. The summed E-state index contributed by atoms with van der Waals surface area (Å²) in [6.07, 6.45) is 6.84. The topological polar surface area (TPSA) is 74.0 Å². The maximum atomic E-state index is 12.9. The highest BCUT2D eigenvalue weighted by Gasteiger charge is 2.27. The molecule has 0 aliphatic carbocycles. The molecule has 31 heavy (non-hydrogen) atoms. The number of alkyl halides is 3. The zero-order valence-electron chi connectivity index (χ0n) is 16.6. The minimum Gasteiger partial charge on any atom is -0.420 e. The molecule has 0 unspecified atom stereocenters. The predicted octanol–water partition coefficient (Wildman–Crippen LogP) is 5.22. The van der Waals surface area contributed by atoms with Crippen LogP contribution in [0.25, 0.3) is 16.7 Å². The summed E-state index contributed by atoms with van der Waals surface area (Å²) in [7, 11) is 0. The van der Waals surface area contributed by atoms with Crippen LogP contribution in [0.2, 0.25) is 0 Å². The Kier molecular flexibility index (Phi) is 5.36. The molecular weight excluding hydrogens is 428 g/mol. The minimum atomic E-state index is -3.80. The van der Waals surface area contributed by atoms with Crippen molar-refractivity contribution < 1.29 is 18.3 Å². The van der Waals surface area contributed by atoms with E-state index in [4.69, 9.17) is 11.6 Å². The fourth-order valence-corrected chi connectivity index (χ4v) is 3.30. The number of amides is 1. The highest BCUT2D eigenvalue weighted by molar-refractivity contribution is 6.20. The van der Waals surface area contributed by atoms with Crippen molar-refractivity contribution in [2.24, 2.45) is 0 Å². The van der Waals surface area contributed by atoms with Gasteiger partial charge in [-0.25, -0.2) is 9.97 Å². The molecule has 2 aromatic heterocycles. The number of carbonyl (C=O) groups excluding carboxylic acids is 1. The number of carbonyl (C=O) groups is 1. The van der Waals surface area contributed by atoms with Gasteiger partial charge in [-0.2, -0.15) is 0 Å². The van der Waals surface area contributed by atoms with Gasteiger partial charge in [0.1, 0.15) is 5.75 Å². The van der Waals surface area contributed by atoms with E-state index in [1.165, 1.54) is 24.3 Å². The van der Waals surface area contributed by atoms with Gasteiger partial charge in [-0.05, 0) is 50.2 Å². The van der Waals surface area contributed by atoms with Crippen LogP contribution in [0, 0.1) is 0 Å². The molecule has 1 N–H and O–H groups in total. The van der Waals surface area contributed by atoms with Crippen LogP contribution < -0.4 is 10.1 Å². The monoisotopic (exact) mass is 445 g/mol. The van der Waals surface area contributed by atoms with Crippen molar-refractivity contribution in [2.45, 2.75) is 25.5 Å². The second kappa shape index (κ2) is 7.99. The summed E-state index contributed by atoms with van der Waals surface area (Å²) in [4.78, 5) is 21.4. The summed E-state index contributed by atoms with van der Waals surface area (Å²) in [5.74, 6) is -0.500. The number of ether oxygens (including phenoxy) is 1. The van der Waals surface area contributed by atoms with Gasteiger partial charge in [0.2, 0.25) is 0 Å². The van der Waals surface area contributed by atoms with Gasteiger partial charge in [0.05, 0.1) is 29.4 Å². The van der Waals surface area contributed by atoms with Crippen LogP contribution in [0.3, 0.4) is 0 Å². The number of fused-ring (bicyclic) bond motifs is 1. The summed E-state index contributed by atoms with van der Waals surface area (Å²) in [5.41, 5.74) is -0.695. The number of aromatic nitrogens is 4. The zero-order chi connectivity index (χ0) is 22.2. The Morgan fingerprint density at radius 2 is 1.94 bits per heavy atom. The first-order chi connectivity index (χ1) is 14.7. The van der Waals surface area contributed by atoms with Crippen LogP contribution in [0.15, 0.2) is 61.4 Å². The third-order valence-corrected chi connectivity index (χ3v) is 4.67. The average molecular weight is 446 g/mol. The molecular formula is C21H18ClF2N5O2.